The Bertz CT molecular complexity index is 403. The first-order chi connectivity index (χ1) is 9.81. The maximum absolute atomic E-state index is 5.81. The first kappa shape index (κ1) is 15.1. The molecule has 0 unspecified atom stereocenters. The quantitative estimate of drug-likeness (QED) is 0.775. The van der Waals surface area contributed by atoms with Gasteiger partial charge in [0, 0.05) is 51.5 Å². The van der Waals surface area contributed by atoms with Gasteiger partial charge in [-0.05, 0) is 37.6 Å². The fraction of sp³-hybridized carbons (Fsp3) is 0.625. The van der Waals surface area contributed by atoms with Crippen molar-refractivity contribution in [1.29, 1.82) is 0 Å². The predicted molar refractivity (Wildman–Crippen MR) is 82.9 cm³/mol. The number of ether oxygens (including phenoxy) is 2. The molecule has 1 aliphatic heterocycles. The van der Waals surface area contributed by atoms with Crippen molar-refractivity contribution in [3.63, 3.8) is 0 Å². The van der Waals surface area contributed by atoms with Crippen LogP contribution >= 0.6 is 0 Å². The van der Waals surface area contributed by atoms with Crippen molar-refractivity contribution >= 4 is 5.69 Å². The summed E-state index contributed by atoms with van der Waals surface area (Å²) in [5.74, 6) is 0.986. The largest absolute Gasteiger partial charge is 0.493 e. The van der Waals surface area contributed by atoms with Gasteiger partial charge in [0.1, 0.15) is 5.75 Å². The van der Waals surface area contributed by atoms with Crippen molar-refractivity contribution in [2.45, 2.75) is 20.3 Å². The average molecular weight is 278 g/mol. The summed E-state index contributed by atoms with van der Waals surface area (Å²) >= 11 is 0. The van der Waals surface area contributed by atoms with Gasteiger partial charge in [0.2, 0.25) is 0 Å². The predicted octanol–water partition coefficient (Wildman–Crippen LogP) is 2.21. The third kappa shape index (κ3) is 4.39. The number of anilines is 1. The molecule has 1 fully saturated rings. The highest BCUT2D eigenvalue weighted by Gasteiger charge is 2.11. The molecule has 0 aliphatic carbocycles. The molecule has 0 saturated carbocycles. The summed E-state index contributed by atoms with van der Waals surface area (Å²) in [7, 11) is 0. The van der Waals surface area contributed by atoms with Gasteiger partial charge in [-0.1, -0.05) is 0 Å². The molecule has 1 N–H and O–H groups in total. The molecule has 0 atom stereocenters. The van der Waals surface area contributed by atoms with Crippen LogP contribution in [-0.4, -0.2) is 46.0 Å². The second-order valence-electron chi connectivity index (χ2n) is 5.09. The maximum Gasteiger partial charge on any atom is 0.122 e. The van der Waals surface area contributed by atoms with Gasteiger partial charge in [0.15, 0.2) is 0 Å². The number of nitrogens with one attached hydrogen (secondary N) is 1. The van der Waals surface area contributed by atoms with E-state index in [0.29, 0.717) is 6.61 Å². The molecule has 2 rings (SSSR count). The second-order valence-corrected chi connectivity index (χ2v) is 5.09. The summed E-state index contributed by atoms with van der Waals surface area (Å²) in [4.78, 5) is 2.42. The Kier molecular flexibility index (Phi) is 6.15. The van der Waals surface area contributed by atoms with Gasteiger partial charge in [0.25, 0.3) is 0 Å². The van der Waals surface area contributed by atoms with Gasteiger partial charge in [-0.3, -0.25) is 0 Å². The zero-order chi connectivity index (χ0) is 14.2. The third-order valence-electron chi connectivity index (χ3n) is 3.54. The highest BCUT2D eigenvalue weighted by molar-refractivity contribution is 5.53. The lowest BCUT2D eigenvalue weighted by Crippen LogP contribution is -2.43. The summed E-state index contributed by atoms with van der Waals surface area (Å²) < 4.78 is 11.1. The fourth-order valence-electron chi connectivity index (χ4n) is 2.40. The minimum atomic E-state index is 0.716. The molecule has 0 radical (unpaired) electrons. The molecule has 1 aromatic rings. The average Bonchev–Trinajstić information content (AvgIpc) is 2.49. The summed E-state index contributed by atoms with van der Waals surface area (Å²) in [6.45, 7) is 10.7. The van der Waals surface area contributed by atoms with Gasteiger partial charge in [0.05, 0.1) is 6.61 Å². The number of benzene rings is 1. The molecule has 1 saturated heterocycles. The molecule has 0 bridgehead atoms. The van der Waals surface area contributed by atoms with Crippen molar-refractivity contribution in [3.8, 4) is 5.75 Å². The van der Waals surface area contributed by atoms with E-state index >= 15 is 0 Å². The van der Waals surface area contributed by atoms with E-state index in [9.17, 15) is 0 Å². The molecule has 0 aromatic heterocycles. The van der Waals surface area contributed by atoms with Gasteiger partial charge in [-0.2, -0.15) is 0 Å². The van der Waals surface area contributed by atoms with E-state index in [4.69, 9.17) is 9.47 Å². The molecular formula is C16H26N2O2. The SMILES string of the molecule is CCOCCCOc1ccc(N2CCNCC2)cc1C. The van der Waals surface area contributed by atoms with Crippen molar-refractivity contribution in [1.82, 2.24) is 5.32 Å². The highest BCUT2D eigenvalue weighted by Crippen LogP contribution is 2.24. The molecule has 1 aliphatic rings. The van der Waals surface area contributed by atoms with Gasteiger partial charge in [-0.15, -0.1) is 0 Å². The molecule has 4 heteroatoms. The maximum atomic E-state index is 5.81. The van der Waals surface area contributed by atoms with E-state index in [2.05, 4.69) is 35.3 Å². The van der Waals surface area contributed by atoms with Crippen LogP contribution in [0.3, 0.4) is 0 Å². The third-order valence-corrected chi connectivity index (χ3v) is 3.54. The molecule has 0 spiro atoms. The van der Waals surface area contributed by atoms with E-state index in [-0.39, 0.29) is 0 Å². The fourth-order valence-corrected chi connectivity index (χ4v) is 2.40. The van der Waals surface area contributed by atoms with Crippen LogP contribution in [0.15, 0.2) is 18.2 Å². The first-order valence-electron chi connectivity index (χ1n) is 7.58. The van der Waals surface area contributed by atoms with Crippen LogP contribution < -0.4 is 15.0 Å². The Morgan fingerprint density at radius 1 is 1.20 bits per heavy atom. The van der Waals surface area contributed by atoms with Crippen LogP contribution in [0, 0.1) is 6.92 Å². The van der Waals surface area contributed by atoms with Gasteiger partial charge in [-0.25, -0.2) is 0 Å². The Balaban J connectivity index is 1.85. The van der Waals surface area contributed by atoms with Gasteiger partial charge >= 0.3 is 0 Å². The Morgan fingerprint density at radius 2 is 2.00 bits per heavy atom. The number of rotatable bonds is 7. The van der Waals surface area contributed by atoms with Crippen molar-refractivity contribution in [2.24, 2.45) is 0 Å². The smallest absolute Gasteiger partial charge is 0.122 e. The minimum Gasteiger partial charge on any atom is -0.493 e. The summed E-state index contributed by atoms with van der Waals surface area (Å²) in [5, 5.41) is 3.38. The van der Waals surface area contributed by atoms with Crippen molar-refractivity contribution in [3.05, 3.63) is 23.8 Å². The Hall–Kier alpha value is -1.26. The normalized spacial score (nSPS) is 15.4. The van der Waals surface area contributed by atoms with Crippen LogP contribution in [0.25, 0.3) is 0 Å². The standard InChI is InChI=1S/C16H26N2O2/c1-3-19-11-4-12-20-16-6-5-15(13-14(16)2)18-9-7-17-8-10-18/h5-6,13,17H,3-4,7-12H2,1-2H3. The molecular weight excluding hydrogens is 252 g/mol. The monoisotopic (exact) mass is 278 g/mol. The van der Waals surface area contributed by atoms with Crippen LogP contribution in [0.2, 0.25) is 0 Å². The van der Waals surface area contributed by atoms with Crippen LogP contribution in [0.4, 0.5) is 5.69 Å². The molecule has 1 aromatic carbocycles. The zero-order valence-corrected chi connectivity index (χ0v) is 12.7. The number of hydrogen-bond donors (Lipinski definition) is 1. The molecule has 0 amide bonds. The second kappa shape index (κ2) is 8.12. The molecule has 4 nitrogen and oxygen atoms in total. The number of aryl methyl sites for hydroxylation is 1. The van der Waals surface area contributed by atoms with Gasteiger partial charge < -0.3 is 19.7 Å². The summed E-state index contributed by atoms with van der Waals surface area (Å²) in [6, 6.07) is 6.48. The molecule has 20 heavy (non-hydrogen) atoms. The summed E-state index contributed by atoms with van der Waals surface area (Å²) in [6.07, 6.45) is 0.937. The van der Waals surface area contributed by atoms with E-state index in [1.807, 2.05) is 6.92 Å². The first-order valence-corrected chi connectivity index (χ1v) is 7.58. The van der Waals surface area contributed by atoms with Crippen LogP contribution in [0.1, 0.15) is 18.9 Å². The van der Waals surface area contributed by atoms with Crippen molar-refractivity contribution < 1.29 is 9.47 Å². The summed E-state index contributed by atoms with van der Waals surface area (Å²) in [5.41, 5.74) is 2.50. The number of hydrogen-bond acceptors (Lipinski definition) is 4. The Labute approximate surface area is 122 Å². The van der Waals surface area contributed by atoms with E-state index < -0.39 is 0 Å². The van der Waals surface area contributed by atoms with Crippen LogP contribution in [-0.2, 0) is 4.74 Å². The van der Waals surface area contributed by atoms with E-state index in [0.717, 1.165) is 51.6 Å². The molecule has 1 heterocycles. The van der Waals surface area contributed by atoms with E-state index in [1.54, 1.807) is 0 Å². The van der Waals surface area contributed by atoms with Crippen LogP contribution in [0.5, 0.6) is 5.75 Å². The lowest BCUT2D eigenvalue weighted by atomic mass is 10.1. The number of piperazine rings is 1. The topological polar surface area (TPSA) is 33.7 Å². The highest BCUT2D eigenvalue weighted by atomic mass is 16.5. The lowest BCUT2D eigenvalue weighted by Gasteiger charge is -2.29. The van der Waals surface area contributed by atoms with E-state index in [1.165, 1.54) is 11.3 Å². The number of nitrogens with zero attached hydrogens (tertiary/aromatic N) is 1. The zero-order valence-electron chi connectivity index (χ0n) is 12.7. The van der Waals surface area contributed by atoms with Crippen molar-refractivity contribution in [2.75, 3.05) is 50.9 Å². The lowest BCUT2D eigenvalue weighted by molar-refractivity contribution is 0.130. The Morgan fingerprint density at radius 3 is 2.70 bits per heavy atom. The molecule has 112 valence electrons. The minimum absolute atomic E-state index is 0.716.